The zero-order valence-corrected chi connectivity index (χ0v) is 9.98. The van der Waals surface area contributed by atoms with Crippen molar-refractivity contribution in [1.29, 1.82) is 0 Å². The van der Waals surface area contributed by atoms with Crippen LogP contribution >= 0.6 is 23.1 Å². The largest absolute Gasteiger partial charge is 0.292 e. The molecule has 0 aliphatic carbocycles. The average Bonchev–Trinajstić information content (AvgIpc) is 2.79. The lowest BCUT2D eigenvalue weighted by Crippen LogP contribution is -1.98. The van der Waals surface area contributed by atoms with Crippen molar-refractivity contribution in [3.63, 3.8) is 0 Å². The SMILES string of the molecule is O=C(CSc1cccc(F)c1)c1cccs1. The summed E-state index contributed by atoms with van der Waals surface area (Å²) < 4.78 is 12.9. The van der Waals surface area contributed by atoms with Crippen LogP contribution in [0.4, 0.5) is 4.39 Å². The van der Waals surface area contributed by atoms with Crippen molar-refractivity contribution in [2.45, 2.75) is 4.90 Å². The summed E-state index contributed by atoms with van der Waals surface area (Å²) in [5, 5.41) is 1.88. The predicted octanol–water partition coefficient (Wildman–Crippen LogP) is 3.86. The zero-order valence-electron chi connectivity index (χ0n) is 8.35. The van der Waals surface area contributed by atoms with Crippen LogP contribution in [0.15, 0.2) is 46.7 Å². The number of thiophene rings is 1. The average molecular weight is 252 g/mol. The Morgan fingerprint density at radius 3 is 2.88 bits per heavy atom. The topological polar surface area (TPSA) is 17.1 Å². The van der Waals surface area contributed by atoms with Crippen LogP contribution in [0.1, 0.15) is 9.67 Å². The first kappa shape index (κ1) is 11.4. The molecule has 1 aromatic carbocycles. The number of hydrogen-bond acceptors (Lipinski definition) is 3. The second-order valence-corrected chi connectivity index (χ2v) is 5.14. The van der Waals surface area contributed by atoms with E-state index in [1.807, 2.05) is 11.4 Å². The fourth-order valence-electron chi connectivity index (χ4n) is 1.21. The molecule has 16 heavy (non-hydrogen) atoms. The first-order valence-electron chi connectivity index (χ1n) is 4.71. The smallest absolute Gasteiger partial charge is 0.182 e. The van der Waals surface area contributed by atoms with Crippen molar-refractivity contribution in [3.8, 4) is 0 Å². The molecule has 82 valence electrons. The van der Waals surface area contributed by atoms with Gasteiger partial charge in [0.2, 0.25) is 0 Å². The van der Waals surface area contributed by atoms with E-state index in [1.165, 1.54) is 35.2 Å². The van der Waals surface area contributed by atoms with E-state index in [9.17, 15) is 9.18 Å². The second-order valence-electron chi connectivity index (χ2n) is 3.15. The summed E-state index contributed by atoms with van der Waals surface area (Å²) in [7, 11) is 0. The number of carbonyl (C=O) groups excluding carboxylic acids is 1. The minimum absolute atomic E-state index is 0.0873. The van der Waals surface area contributed by atoms with Gasteiger partial charge in [-0.2, -0.15) is 0 Å². The quantitative estimate of drug-likeness (QED) is 0.607. The number of hydrogen-bond donors (Lipinski definition) is 0. The molecule has 4 heteroatoms. The zero-order chi connectivity index (χ0) is 11.4. The van der Waals surface area contributed by atoms with Gasteiger partial charge in [0.15, 0.2) is 5.78 Å². The molecule has 0 bridgehead atoms. The van der Waals surface area contributed by atoms with E-state index in [0.717, 1.165) is 9.77 Å². The fourth-order valence-corrected chi connectivity index (χ4v) is 2.79. The molecule has 0 amide bonds. The highest BCUT2D eigenvalue weighted by molar-refractivity contribution is 8.00. The van der Waals surface area contributed by atoms with Crippen LogP contribution in [0.2, 0.25) is 0 Å². The molecular weight excluding hydrogens is 243 g/mol. The van der Waals surface area contributed by atoms with E-state index in [4.69, 9.17) is 0 Å². The molecule has 1 aromatic heterocycles. The van der Waals surface area contributed by atoms with Gasteiger partial charge in [0.1, 0.15) is 5.82 Å². The van der Waals surface area contributed by atoms with Crippen molar-refractivity contribution in [2.24, 2.45) is 0 Å². The summed E-state index contributed by atoms with van der Waals surface area (Å²) in [6.07, 6.45) is 0. The lowest BCUT2D eigenvalue weighted by atomic mass is 10.3. The normalized spacial score (nSPS) is 10.3. The third kappa shape index (κ3) is 2.93. The summed E-state index contributed by atoms with van der Waals surface area (Å²) in [5.74, 6) is 0.169. The number of benzene rings is 1. The molecule has 0 spiro atoms. The van der Waals surface area contributed by atoms with Crippen LogP contribution in [0, 0.1) is 5.82 Å². The van der Waals surface area contributed by atoms with Gasteiger partial charge in [0.25, 0.3) is 0 Å². The third-order valence-electron chi connectivity index (χ3n) is 1.96. The molecule has 0 aliphatic rings. The molecule has 0 radical (unpaired) electrons. The van der Waals surface area contributed by atoms with E-state index in [-0.39, 0.29) is 11.6 Å². The van der Waals surface area contributed by atoms with Gasteiger partial charge in [0.05, 0.1) is 10.6 Å². The molecule has 0 atom stereocenters. The lowest BCUT2D eigenvalue weighted by Gasteiger charge is -1.99. The standard InChI is InChI=1S/C12H9FOS2/c13-9-3-1-4-10(7-9)16-8-11(14)12-5-2-6-15-12/h1-7H,8H2. The molecule has 0 fully saturated rings. The Hall–Kier alpha value is -1.13. The molecule has 0 saturated heterocycles. The monoisotopic (exact) mass is 252 g/mol. The van der Waals surface area contributed by atoms with Crippen molar-refractivity contribution >= 4 is 28.9 Å². The van der Waals surface area contributed by atoms with Gasteiger partial charge in [0, 0.05) is 4.90 Å². The molecule has 0 aliphatic heterocycles. The maximum Gasteiger partial charge on any atom is 0.182 e. The van der Waals surface area contributed by atoms with Crippen molar-refractivity contribution in [3.05, 3.63) is 52.5 Å². The number of Topliss-reactive ketones (excluding diaryl/α,β-unsaturated/α-hetero) is 1. The number of carbonyl (C=O) groups is 1. The Balaban J connectivity index is 1.95. The molecule has 2 aromatic rings. The van der Waals surface area contributed by atoms with Crippen LogP contribution in [-0.2, 0) is 0 Å². The molecule has 2 rings (SSSR count). The molecule has 0 saturated carbocycles. The first-order chi connectivity index (χ1) is 7.75. The maximum atomic E-state index is 12.9. The fraction of sp³-hybridized carbons (Fsp3) is 0.0833. The van der Waals surface area contributed by atoms with Crippen LogP contribution in [0.5, 0.6) is 0 Å². The summed E-state index contributed by atoms with van der Waals surface area (Å²) in [6.45, 7) is 0. The summed E-state index contributed by atoms with van der Waals surface area (Å²) in [4.78, 5) is 13.2. The van der Waals surface area contributed by atoms with Crippen LogP contribution in [0.3, 0.4) is 0 Å². The molecule has 1 nitrogen and oxygen atoms in total. The minimum atomic E-state index is -0.270. The molecule has 0 N–H and O–H groups in total. The first-order valence-corrected chi connectivity index (χ1v) is 6.57. The minimum Gasteiger partial charge on any atom is -0.292 e. The Bertz CT molecular complexity index is 480. The number of halogens is 1. The number of ketones is 1. The molecule has 1 heterocycles. The van der Waals surface area contributed by atoms with Gasteiger partial charge in [-0.15, -0.1) is 23.1 Å². The van der Waals surface area contributed by atoms with Gasteiger partial charge in [-0.05, 0) is 29.6 Å². The lowest BCUT2D eigenvalue weighted by molar-refractivity contribution is 0.102. The van der Waals surface area contributed by atoms with Gasteiger partial charge in [-0.1, -0.05) is 12.1 Å². The van der Waals surface area contributed by atoms with E-state index >= 15 is 0 Å². The Morgan fingerprint density at radius 1 is 1.31 bits per heavy atom. The summed E-state index contributed by atoms with van der Waals surface area (Å²) in [6, 6.07) is 9.93. The van der Waals surface area contributed by atoms with Crippen molar-refractivity contribution in [1.82, 2.24) is 0 Å². The van der Waals surface area contributed by atoms with Crippen LogP contribution < -0.4 is 0 Å². The van der Waals surface area contributed by atoms with Crippen molar-refractivity contribution in [2.75, 3.05) is 5.75 Å². The highest BCUT2D eigenvalue weighted by atomic mass is 32.2. The van der Waals surface area contributed by atoms with Crippen LogP contribution in [-0.4, -0.2) is 11.5 Å². The van der Waals surface area contributed by atoms with E-state index in [1.54, 1.807) is 18.2 Å². The maximum absolute atomic E-state index is 12.9. The van der Waals surface area contributed by atoms with Crippen LogP contribution in [0.25, 0.3) is 0 Å². The van der Waals surface area contributed by atoms with Crippen molar-refractivity contribution < 1.29 is 9.18 Å². The number of rotatable bonds is 4. The Kier molecular flexibility index (Phi) is 3.74. The predicted molar refractivity (Wildman–Crippen MR) is 65.8 cm³/mol. The molecule has 0 unspecified atom stereocenters. The van der Waals surface area contributed by atoms with Gasteiger partial charge < -0.3 is 0 Å². The Morgan fingerprint density at radius 2 is 2.19 bits per heavy atom. The summed E-state index contributed by atoms with van der Waals surface area (Å²) in [5.41, 5.74) is 0. The van der Waals surface area contributed by atoms with E-state index in [2.05, 4.69) is 0 Å². The second kappa shape index (κ2) is 5.27. The van der Waals surface area contributed by atoms with Gasteiger partial charge >= 0.3 is 0 Å². The van der Waals surface area contributed by atoms with Gasteiger partial charge in [-0.25, -0.2) is 4.39 Å². The molecular formula is C12H9FOS2. The summed E-state index contributed by atoms with van der Waals surface area (Å²) >= 11 is 2.79. The van der Waals surface area contributed by atoms with Gasteiger partial charge in [-0.3, -0.25) is 4.79 Å². The number of thioether (sulfide) groups is 1. The Labute approximate surface area is 101 Å². The highest BCUT2D eigenvalue weighted by Gasteiger charge is 2.07. The highest BCUT2D eigenvalue weighted by Crippen LogP contribution is 2.21. The third-order valence-corrected chi connectivity index (χ3v) is 3.87. The van der Waals surface area contributed by atoms with E-state index < -0.39 is 0 Å². The van der Waals surface area contributed by atoms with E-state index in [0.29, 0.717) is 5.75 Å².